The van der Waals surface area contributed by atoms with Crippen LogP contribution in [0.3, 0.4) is 0 Å². The Bertz CT molecular complexity index is 858. The maximum absolute atomic E-state index is 14.0. The van der Waals surface area contributed by atoms with E-state index in [9.17, 15) is 4.39 Å². The third-order valence-electron chi connectivity index (χ3n) is 3.49. The van der Waals surface area contributed by atoms with Gasteiger partial charge < -0.3 is 0 Å². The lowest BCUT2D eigenvalue weighted by Gasteiger charge is -2.08. The maximum atomic E-state index is 14.0. The Morgan fingerprint density at radius 1 is 1.14 bits per heavy atom. The summed E-state index contributed by atoms with van der Waals surface area (Å²) in [6.45, 7) is 0. The van der Waals surface area contributed by atoms with Gasteiger partial charge in [0.1, 0.15) is 16.1 Å². The predicted octanol–water partition coefficient (Wildman–Crippen LogP) is 4.11. The summed E-state index contributed by atoms with van der Waals surface area (Å²) in [5.41, 5.74) is 0.626. The fraction of sp³-hybridized carbons (Fsp3) is 0.214. The minimum Gasteiger partial charge on any atom is -0.206 e. The van der Waals surface area contributed by atoms with Crippen LogP contribution in [-0.4, -0.2) is 19.6 Å². The first-order valence-electron chi connectivity index (χ1n) is 6.51. The van der Waals surface area contributed by atoms with E-state index in [2.05, 4.69) is 15.1 Å². The van der Waals surface area contributed by atoms with Gasteiger partial charge in [0.15, 0.2) is 5.82 Å². The Morgan fingerprint density at radius 2 is 1.90 bits per heavy atom. The minimum atomic E-state index is -0.412. The summed E-state index contributed by atoms with van der Waals surface area (Å²) in [4.78, 5) is 8.52. The standard InChI is InChI=1S/C14H9Cl2FN4/c15-11-10(8-3-1-2-4-9(8)17)12(16)21-14(18-11)19-13(20-21)7-5-6-7/h1-4,7H,5-6H2. The zero-order chi connectivity index (χ0) is 14.6. The van der Waals surface area contributed by atoms with Crippen molar-refractivity contribution in [3.05, 3.63) is 46.2 Å². The van der Waals surface area contributed by atoms with Crippen molar-refractivity contribution in [1.29, 1.82) is 0 Å². The molecule has 0 unspecified atom stereocenters. The zero-order valence-corrected chi connectivity index (χ0v) is 12.2. The Morgan fingerprint density at radius 3 is 2.62 bits per heavy atom. The Labute approximate surface area is 129 Å². The second-order valence-corrected chi connectivity index (χ2v) is 5.72. The molecule has 2 heterocycles. The number of nitrogens with zero attached hydrogens (tertiary/aromatic N) is 4. The molecule has 1 aliphatic carbocycles. The third kappa shape index (κ3) is 2.08. The highest BCUT2D eigenvalue weighted by atomic mass is 35.5. The van der Waals surface area contributed by atoms with E-state index in [-0.39, 0.29) is 10.3 Å². The van der Waals surface area contributed by atoms with Crippen LogP contribution in [0.15, 0.2) is 24.3 Å². The fourth-order valence-corrected chi connectivity index (χ4v) is 2.88. The first-order chi connectivity index (χ1) is 10.1. The quantitative estimate of drug-likeness (QED) is 0.667. The molecule has 4 nitrogen and oxygen atoms in total. The lowest BCUT2D eigenvalue weighted by Crippen LogP contribution is -1.98. The van der Waals surface area contributed by atoms with Crippen LogP contribution in [0.2, 0.25) is 10.3 Å². The first-order valence-corrected chi connectivity index (χ1v) is 7.27. The molecule has 0 atom stereocenters. The van der Waals surface area contributed by atoms with Gasteiger partial charge in [0.25, 0.3) is 5.78 Å². The molecule has 0 spiro atoms. The average molecular weight is 323 g/mol. The van der Waals surface area contributed by atoms with Gasteiger partial charge in [-0.25, -0.2) is 4.39 Å². The molecule has 0 N–H and O–H groups in total. The van der Waals surface area contributed by atoms with E-state index >= 15 is 0 Å². The van der Waals surface area contributed by atoms with E-state index < -0.39 is 5.82 Å². The molecule has 1 aromatic carbocycles. The van der Waals surface area contributed by atoms with Crippen LogP contribution in [0.5, 0.6) is 0 Å². The van der Waals surface area contributed by atoms with Gasteiger partial charge in [-0.05, 0) is 18.9 Å². The number of aromatic nitrogens is 4. The molecule has 7 heteroatoms. The first kappa shape index (κ1) is 13.0. The van der Waals surface area contributed by atoms with Crippen LogP contribution < -0.4 is 0 Å². The molecule has 1 fully saturated rings. The van der Waals surface area contributed by atoms with Crippen LogP contribution in [0.1, 0.15) is 24.6 Å². The number of fused-ring (bicyclic) bond motifs is 1. The van der Waals surface area contributed by atoms with Gasteiger partial charge >= 0.3 is 0 Å². The third-order valence-corrected chi connectivity index (χ3v) is 4.11. The number of hydrogen-bond donors (Lipinski definition) is 0. The number of halogens is 3. The SMILES string of the molecule is Fc1ccccc1-c1c(Cl)nc2nc(C3CC3)nn2c1Cl. The maximum Gasteiger partial charge on any atom is 0.255 e. The molecule has 21 heavy (non-hydrogen) atoms. The van der Waals surface area contributed by atoms with Gasteiger partial charge in [0.05, 0.1) is 5.56 Å². The van der Waals surface area contributed by atoms with Gasteiger partial charge in [-0.1, -0.05) is 41.4 Å². The highest BCUT2D eigenvalue weighted by Gasteiger charge is 2.29. The molecule has 106 valence electrons. The summed E-state index contributed by atoms with van der Waals surface area (Å²) in [5.74, 6) is 1.02. The van der Waals surface area contributed by atoms with Crippen molar-refractivity contribution in [1.82, 2.24) is 19.6 Å². The van der Waals surface area contributed by atoms with Crippen molar-refractivity contribution in [2.24, 2.45) is 0 Å². The van der Waals surface area contributed by atoms with E-state index in [0.717, 1.165) is 12.8 Å². The van der Waals surface area contributed by atoms with Crippen LogP contribution in [0, 0.1) is 5.82 Å². The Balaban J connectivity index is 1.99. The zero-order valence-electron chi connectivity index (χ0n) is 10.7. The molecule has 0 aliphatic heterocycles. The highest BCUT2D eigenvalue weighted by molar-refractivity contribution is 6.38. The summed E-state index contributed by atoms with van der Waals surface area (Å²) in [6.07, 6.45) is 2.14. The summed E-state index contributed by atoms with van der Waals surface area (Å²) < 4.78 is 15.4. The minimum absolute atomic E-state index is 0.118. The monoisotopic (exact) mass is 322 g/mol. The summed E-state index contributed by atoms with van der Waals surface area (Å²) >= 11 is 12.5. The van der Waals surface area contributed by atoms with Gasteiger partial charge in [-0.2, -0.15) is 14.5 Å². The predicted molar refractivity (Wildman–Crippen MR) is 78.2 cm³/mol. The molecular weight excluding hydrogens is 314 g/mol. The molecule has 0 radical (unpaired) electrons. The molecule has 1 saturated carbocycles. The van der Waals surface area contributed by atoms with Crippen molar-refractivity contribution < 1.29 is 4.39 Å². The topological polar surface area (TPSA) is 43.1 Å². The van der Waals surface area contributed by atoms with Crippen molar-refractivity contribution in [2.75, 3.05) is 0 Å². The van der Waals surface area contributed by atoms with Gasteiger partial charge in [0.2, 0.25) is 0 Å². The summed E-state index contributed by atoms with van der Waals surface area (Å²) in [6, 6.07) is 6.28. The van der Waals surface area contributed by atoms with E-state index in [0.29, 0.717) is 28.6 Å². The molecule has 1 aliphatic rings. The van der Waals surface area contributed by atoms with Crippen LogP contribution in [0.4, 0.5) is 4.39 Å². The molecule has 0 bridgehead atoms. The Kier molecular flexibility index (Phi) is 2.87. The highest BCUT2D eigenvalue weighted by Crippen LogP contribution is 2.40. The molecule has 3 aromatic rings. The molecule has 4 rings (SSSR count). The van der Waals surface area contributed by atoms with Crippen molar-refractivity contribution in [3.8, 4) is 11.1 Å². The largest absolute Gasteiger partial charge is 0.255 e. The molecule has 0 amide bonds. The number of rotatable bonds is 2. The van der Waals surface area contributed by atoms with Crippen LogP contribution in [0.25, 0.3) is 16.9 Å². The van der Waals surface area contributed by atoms with Gasteiger partial charge in [-0.15, -0.1) is 5.10 Å². The summed E-state index contributed by atoms with van der Waals surface area (Å²) in [5, 5.41) is 4.70. The number of hydrogen-bond acceptors (Lipinski definition) is 3. The average Bonchev–Trinajstić information content (AvgIpc) is 3.22. The van der Waals surface area contributed by atoms with Crippen LogP contribution >= 0.6 is 23.2 Å². The van der Waals surface area contributed by atoms with E-state index in [1.807, 2.05) is 0 Å². The second kappa shape index (κ2) is 4.64. The molecule has 0 saturated heterocycles. The van der Waals surface area contributed by atoms with Gasteiger partial charge in [-0.3, -0.25) is 0 Å². The van der Waals surface area contributed by atoms with Crippen LogP contribution in [-0.2, 0) is 0 Å². The molecule has 2 aromatic heterocycles. The van der Waals surface area contributed by atoms with E-state index in [1.165, 1.54) is 10.6 Å². The van der Waals surface area contributed by atoms with Crippen molar-refractivity contribution in [3.63, 3.8) is 0 Å². The Hall–Kier alpha value is -1.72. The smallest absolute Gasteiger partial charge is 0.206 e. The fourth-order valence-electron chi connectivity index (χ4n) is 2.26. The van der Waals surface area contributed by atoms with Crippen molar-refractivity contribution >= 4 is 29.0 Å². The second-order valence-electron chi connectivity index (χ2n) is 5.00. The molecular formula is C14H9Cl2FN4. The van der Waals surface area contributed by atoms with Gasteiger partial charge in [0, 0.05) is 11.5 Å². The van der Waals surface area contributed by atoms with Crippen molar-refractivity contribution in [2.45, 2.75) is 18.8 Å². The summed E-state index contributed by atoms with van der Waals surface area (Å²) in [7, 11) is 0. The van der Waals surface area contributed by atoms with E-state index in [4.69, 9.17) is 23.2 Å². The lowest BCUT2D eigenvalue weighted by atomic mass is 10.1. The van der Waals surface area contributed by atoms with E-state index in [1.54, 1.807) is 18.2 Å². The lowest BCUT2D eigenvalue weighted by molar-refractivity contribution is 0.631. The number of benzene rings is 1. The normalized spacial score (nSPS) is 14.8.